The molecule has 0 saturated carbocycles. The minimum Gasteiger partial charge on any atom is -0.458 e. The van der Waals surface area contributed by atoms with Gasteiger partial charge in [0.2, 0.25) is 5.91 Å². The van der Waals surface area contributed by atoms with Gasteiger partial charge in [-0.15, -0.1) is 22.7 Å². The first-order valence-electron chi connectivity index (χ1n) is 7.03. The van der Waals surface area contributed by atoms with Crippen LogP contribution in [0.15, 0.2) is 27.4 Å². The molecule has 24 heavy (non-hydrogen) atoms. The molecule has 3 aromatic heterocycles. The first-order valence-corrected chi connectivity index (χ1v) is 8.79. The molecule has 0 radical (unpaired) electrons. The molecule has 0 saturated heterocycles. The Morgan fingerprint density at radius 3 is 2.83 bits per heavy atom. The molecular weight excluding hydrogens is 348 g/mol. The average molecular weight is 362 g/mol. The second-order valence-corrected chi connectivity index (χ2v) is 6.65. The molecule has 0 bridgehead atoms. The number of aromatic nitrogens is 2. The Bertz CT molecular complexity index is 881. The average Bonchev–Trinajstić information content (AvgIpc) is 3.24. The van der Waals surface area contributed by atoms with Crippen LogP contribution < -0.4 is 10.6 Å². The van der Waals surface area contributed by atoms with Crippen LogP contribution in [0.2, 0.25) is 0 Å². The summed E-state index contributed by atoms with van der Waals surface area (Å²) in [5, 5.41) is 7.72. The summed E-state index contributed by atoms with van der Waals surface area (Å²) in [6, 6.07) is 3.56. The van der Waals surface area contributed by atoms with Crippen LogP contribution in [-0.4, -0.2) is 21.8 Å². The van der Waals surface area contributed by atoms with Gasteiger partial charge in [-0.25, -0.2) is 9.97 Å². The largest absolute Gasteiger partial charge is 0.458 e. The van der Waals surface area contributed by atoms with E-state index in [0.717, 1.165) is 0 Å². The number of nitrogens with one attached hydrogen (secondary N) is 2. The second-order valence-electron chi connectivity index (χ2n) is 4.93. The van der Waals surface area contributed by atoms with Gasteiger partial charge in [-0.3, -0.25) is 14.9 Å². The van der Waals surface area contributed by atoms with Crippen molar-refractivity contribution in [1.29, 1.82) is 0 Å². The molecule has 0 fully saturated rings. The highest BCUT2D eigenvalue weighted by Crippen LogP contribution is 2.27. The Balaban J connectivity index is 1.68. The molecular formula is C15H14N4O3S2. The summed E-state index contributed by atoms with van der Waals surface area (Å²) in [7, 11) is 0. The number of furan rings is 1. The SMILES string of the molecule is CC(=O)NCc1ccc(-c2csc(NC(=O)c3scnc3C)n2)o1. The lowest BCUT2D eigenvalue weighted by atomic mass is 10.3. The van der Waals surface area contributed by atoms with Crippen LogP contribution in [0.25, 0.3) is 11.5 Å². The van der Waals surface area contributed by atoms with Crippen molar-refractivity contribution in [2.24, 2.45) is 0 Å². The standard InChI is InChI=1S/C15H14N4O3S2/c1-8-13(24-7-17-8)14(21)19-15-18-11(6-23-15)12-4-3-10(22-12)5-16-9(2)20/h3-4,6-7H,5H2,1-2H3,(H,16,20)(H,18,19,21). The minimum absolute atomic E-state index is 0.120. The fraction of sp³-hybridized carbons (Fsp3) is 0.200. The molecule has 2 amide bonds. The van der Waals surface area contributed by atoms with E-state index < -0.39 is 0 Å². The van der Waals surface area contributed by atoms with Gasteiger partial charge in [0.05, 0.1) is 17.7 Å². The number of carbonyl (C=O) groups is 2. The molecule has 3 rings (SSSR count). The maximum absolute atomic E-state index is 12.2. The van der Waals surface area contributed by atoms with Crippen molar-refractivity contribution < 1.29 is 14.0 Å². The quantitative estimate of drug-likeness (QED) is 0.727. The van der Waals surface area contributed by atoms with Gasteiger partial charge in [-0.1, -0.05) is 0 Å². The lowest BCUT2D eigenvalue weighted by Crippen LogP contribution is -2.18. The lowest BCUT2D eigenvalue weighted by molar-refractivity contribution is -0.119. The third-order valence-corrected chi connectivity index (χ3v) is 4.79. The van der Waals surface area contributed by atoms with Crippen LogP contribution >= 0.6 is 22.7 Å². The van der Waals surface area contributed by atoms with E-state index in [1.165, 1.54) is 29.6 Å². The molecule has 0 aliphatic rings. The van der Waals surface area contributed by atoms with Crippen molar-refractivity contribution in [3.8, 4) is 11.5 Å². The third kappa shape index (κ3) is 3.69. The van der Waals surface area contributed by atoms with Gasteiger partial charge in [0, 0.05) is 12.3 Å². The van der Waals surface area contributed by atoms with Crippen LogP contribution in [0.3, 0.4) is 0 Å². The molecule has 0 spiro atoms. The number of carbonyl (C=O) groups excluding carboxylic acids is 2. The Kier molecular flexibility index (Phi) is 4.72. The molecule has 0 aliphatic heterocycles. The summed E-state index contributed by atoms with van der Waals surface area (Å²) in [4.78, 5) is 32.1. The van der Waals surface area contributed by atoms with Crippen molar-refractivity contribution in [3.63, 3.8) is 0 Å². The number of amides is 2. The van der Waals surface area contributed by atoms with Crippen LogP contribution in [0.4, 0.5) is 5.13 Å². The normalized spacial score (nSPS) is 10.6. The molecule has 2 N–H and O–H groups in total. The molecule has 0 aliphatic carbocycles. The van der Waals surface area contributed by atoms with E-state index in [4.69, 9.17) is 4.42 Å². The number of hydrogen-bond acceptors (Lipinski definition) is 7. The Labute approximate surface area is 145 Å². The number of nitrogens with zero attached hydrogens (tertiary/aromatic N) is 2. The van der Waals surface area contributed by atoms with Gasteiger partial charge >= 0.3 is 0 Å². The number of aryl methyl sites for hydroxylation is 1. The smallest absolute Gasteiger partial charge is 0.269 e. The van der Waals surface area contributed by atoms with E-state index in [-0.39, 0.29) is 11.8 Å². The summed E-state index contributed by atoms with van der Waals surface area (Å²) >= 11 is 2.61. The van der Waals surface area contributed by atoms with Gasteiger partial charge in [0.25, 0.3) is 5.91 Å². The molecule has 0 aromatic carbocycles. The van der Waals surface area contributed by atoms with Gasteiger partial charge in [-0.05, 0) is 19.1 Å². The summed E-state index contributed by atoms with van der Waals surface area (Å²) in [5.41, 5.74) is 2.96. The molecule has 7 nitrogen and oxygen atoms in total. The highest BCUT2D eigenvalue weighted by atomic mass is 32.1. The molecule has 3 aromatic rings. The summed E-state index contributed by atoms with van der Waals surface area (Å²) in [6.07, 6.45) is 0. The minimum atomic E-state index is -0.221. The van der Waals surface area contributed by atoms with Crippen molar-refractivity contribution in [1.82, 2.24) is 15.3 Å². The van der Waals surface area contributed by atoms with E-state index in [2.05, 4.69) is 20.6 Å². The van der Waals surface area contributed by atoms with E-state index >= 15 is 0 Å². The highest BCUT2D eigenvalue weighted by Gasteiger charge is 2.15. The van der Waals surface area contributed by atoms with Crippen LogP contribution in [0, 0.1) is 6.92 Å². The summed E-state index contributed by atoms with van der Waals surface area (Å²) < 4.78 is 5.64. The topological polar surface area (TPSA) is 97.1 Å². The van der Waals surface area contributed by atoms with Crippen molar-refractivity contribution >= 4 is 39.6 Å². The number of rotatable bonds is 5. The molecule has 0 atom stereocenters. The fourth-order valence-corrected chi connectivity index (χ4v) is 3.33. The maximum Gasteiger partial charge on any atom is 0.269 e. The predicted octanol–water partition coefficient (Wildman–Crippen LogP) is 3.06. The van der Waals surface area contributed by atoms with Crippen LogP contribution in [0.5, 0.6) is 0 Å². The first-order chi connectivity index (χ1) is 11.5. The van der Waals surface area contributed by atoms with Gasteiger partial charge in [0.1, 0.15) is 16.3 Å². The Morgan fingerprint density at radius 2 is 2.12 bits per heavy atom. The number of hydrogen-bond donors (Lipinski definition) is 2. The van der Waals surface area contributed by atoms with E-state index in [1.807, 2.05) is 0 Å². The first kappa shape index (κ1) is 16.3. The monoisotopic (exact) mass is 362 g/mol. The summed E-state index contributed by atoms with van der Waals surface area (Å²) in [6.45, 7) is 3.57. The number of anilines is 1. The van der Waals surface area contributed by atoms with Gasteiger partial charge in [0.15, 0.2) is 10.9 Å². The van der Waals surface area contributed by atoms with E-state index in [1.54, 1.807) is 29.9 Å². The molecule has 3 heterocycles. The van der Waals surface area contributed by atoms with E-state index in [9.17, 15) is 9.59 Å². The Morgan fingerprint density at radius 1 is 1.29 bits per heavy atom. The van der Waals surface area contributed by atoms with Gasteiger partial charge in [-0.2, -0.15) is 0 Å². The fourth-order valence-electron chi connectivity index (χ4n) is 1.94. The molecule has 9 heteroatoms. The zero-order chi connectivity index (χ0) is 17.1. The zero-order valence-electron chi connectivity index (χ0n) is 13.0. The molecule has 124 valence electrons. The Hall–Kier alpha value is -2.52. The lowest BCUT2D eigenvalue weighted by Gasteiger charge is -1.99. The molecule has 0 unspecified atom stereocenters. The summed E-state index contributed by atoms with van der Waals surface area (Å²) in [5.74, 6) is 0.881. The van der Waals surface area contributed by atoms with Crippen molar-refractivity contribution in [3.05, 3.63) is 39.4 Å². The third-order valence-electron chi connectivity index (χ3n) is 3.10. The second kappa shape index (κ2) is 6.93. The number of thiazole rings is 2. The van der Waals surface area contributed by atoms with E-state index in [0.29, 0.717) is 39.5 Å². The maximum atomic E-state index is 12.2. The highest BCUT2D eigenvalue weighted by molar-refractivity contribution is 7.14. The van der Waals surface area contributed by atoms with Gasteiger partial charge < -0.3 is 9.73 Å². The zero-order valence-corrected chi connectivity index (χ0v) is 14.6. The van der Waals surface area contributed by atoms with Crippen LogP contribution in [-0.2, 0) is 11.3 Å². The predicted molar refractivity (Wildman–Crippen MR) is 92.1 cm³/mol. The van der Waals surface area contributed by atoms with Crippen LogP contribution in [0.1, 0.15) is 28.0 Å². The van der Waals surface area contributed by atoms with Crippen molar-refractivity contribution in [2.45, 2.75) is 20.4 Å². The van der Waals surface area contributed by atoms with Crippen molar-refractivity contribution in [2.75, 3.05) is 5.32 Å².